The van der Waals surface area contributed by atoms with Gasteiger partial charge in [0.15, 0.2) is 0 Å². The summed E-state index contributed by atoms with van der Waals surface area (Å²) in [5, 5.41) is 3.49. The molecule has 1 aliphatic carbocycles. The summed E-state index contributed by atoms with van der Waals surface area (Å²) in [6.07, 6.45) is 8.73. The smallest absolute Gasteiger partial charge is 0.241 e. The monoisotopic (exact) mass is 238 g/mol. The average molecular weight is 238 g/mol. The molecule has 3 nitrogen and oxygen atoms in total. The Balaban J connectivity index is 1.95. The minimum absolute atomic E-state index is 0.0892. The van der Waals surface area contributed by atoms with E-state index in [0.717, 1.165) is 31.7 Å². The van der Waals surface area contributed by atoms with Crippen LogP contribution in [0.25, 0.3) is 0 Å². The summed E-state index contributed by atoms with van der Waals surface area (Å²) in [5.41, 5.74) is 0. The molecule has 0 aromatic rings. The molecule has 0 bridgehead atoms. The average Bonchev–Trinajstić information content (AvgIpc) is 2.92. The van der Waals surface area contributed by atoms with Gasteiger partial charge in [-0.1, -0.05) is 33.1 Å². The first-order valence-electron chi connectivity index (χ1n) is 7.32. The van der Waals surface area contributed by atoms with Gasteiger partial charge >= 0.3 is 0 Å². The van der Waals surface area contributed by atoms with Crippen molar-refractivity contribution >= 4 is 5.91 Å². The lowest BCUT2D eigenvalue weighted by Gasteiger charge is -2.26. The van der Waals surface area contributed by atoms with Gasteiger partial charge in [0.1, 0.15) is 0 Å². The Hall–Kier alpha value is -0.570. The second-order valence-electron chi connectivity index (χ2n) is 5.57. The van der Waals surface area contributed by atoms with E-state index in [1.165, 1.54) is 25.7 Å². The summed E-state index contributed by atoms with van der Waals surface area (Å²) >= 11 is 0. The molecule has 1 saturated carbocycles. The van der Waals surface area contributed by atoms with E-state index in [-0.39, 0.29) is 6.04 Å². The standard InChI is InChI=1S/C14H26N2O/c1-3-7-12-14(17)16(13(4-2)15-12)10-11-8-5-6-9-11/h11-13,15H,3-10H2,1-2H3. The maximum Gasteiger partial charge on any atom is 0.241 e. The SMILES string of the molecule is CCCC1NC(CC)N(CC2CCCC2)C1=O. The van der Waals surface area contributed by atoms with Crippen molar-refractivity contribution in [3.05, 3.63) is 0 Å². The topological polar surface area (TPSA) is 32.3 Å². The van der Waals surface area contributed by atoms with Gasteiger partial charge in [-0.25, -0.2) is 0 Å². The third-order valence-electron chi connectivity index (χ3n) is 4.24. The molecule has 1 amide bonds. The lowest BCUT2D eigenvalue weighted by atomic mass is 10.1. The van der Waals surface area contributed by atoms with Crippen LogP contribution in [0.1, 0.15) is 58.8 Å². The summed E-state index contributed by atoms with van der Waals surface area (Å²) in [6.45, 7) is 5.31. The molecule has 2 aliphatic rings. The van der Waals surface area contributed by atoms with Crippen molar-refractivity contribution in [2.45, 2.75) is 71.0 Å². The first-order valence-corrected chi connectivity index (χ1v) is 7.32. The quantitative estimate of drug-likeness (QED) is 0.798. The summed E-state index contributed by atoms with van der Waals surface area (Å²) < 4.78 is 0. The molecular weight excluding hydrogens is 212 g/mol. The summed E-state index contributed by atoms with van der Waals surface area (Å²) in [7, 11) is 0. The van der Waals surface area contributed by atoms with Gasteiger partial charge in [0.05, 0.1) is 12.2 Å². The Bertz CT molecular complexity index is 261. The van der Waals surface area contributed by atoms with E-state index in [4.69, 9.17) is 0 Å². The predicted molar refractivity (Wildman–Crippen MR) is 69.6 cm³/mol. The van der Waals surface area contributed by atoms with Crippen LogP contribution in [0.3, 0.4) is 0 Å². The molecule has 0 aromatic carbocycles. The van der Waals surface area contributed by atoms with E-state index >= 15 is 0 Å². The Morgan fingerprint density at radius 3 is 2.59 bits per heavy atom. The van der Waals surface area contributed by atoms with Crippen molar-refractivity contribution < 1.29 is 4.79 Å². The third kappa shape index (κ3) is 2.82. The molecule has 1 saturated heterocycles. The van der Waals surface area contributed by atoms with Gasteiger partial charge in [-0.3, -0.25) is 10.1 Å². The summed E-state index contributed by atoms with van der Waals surface area (Å²) in [5.74, 6) is 1.11. The van der Waals surface area contributed by atoms with Gasteiger partial charge in [0.2, 0.25) is 5.91 Å². The first-order chi connectivity index (χ1) is 8.26. The Morgan fingerprint density at radius 2 is 2.00 bits per heavy atom. The number of rotatable bonds is 5. The van der Waals surface area contributed by atoms with Crippen LogP contribution in [-0.2, 0) is 4.79 Å². The van der Waals surface area contributed by atoms with Gasteiger partial charge < -0.3 is 4.90 Å². The van der Waals surface area contributed by atoms with Crippen molar-refractivity contribution in [1.29, 1.82) is 0 Å². The molecule has 0 radical (unpaired) electrons. The molecule has 1 heterocycles. The molecule has 2 rings (SSSR count). The fraction of sp³-hybridized carbons (Fsp3) is 0.929. The molecule has 1 N–H and O–H groups in total. The molecule has 98 valence electrons. The Kier molecular flexibility index (Phi) is 4.43. The highest BCUT2D eigenvalue weighted by Crippen LogP contribution is 2.28. The zero-order valence-corrected chi connectivity index (χ0v) is 11.2. The molecular formula is C14H26N2O. The van der Waals surface area contributed by atoms with Crippen LogP contribution >= 0.6 is 0 Å². The number of nitrogens with zero attached hydrogens (tertiary/aromatic N) is 1. The lowest BCUT2D eigenvalue weighted by Crippen LogP contribution is -2.39. The van der Waals surface area contributed by atoms with Gasteiger partial charge in [-0.2, -0.15) is 0 Å². The van der Waals surface area contributed by atoms with E-state index in [0.29, 0.717) is 12.1 Å². The van der Waals surface area contributed by atoms with Crippen LogP contribution in [0.15, 0.2) is 0 Å². The number of hydrogen-bond acceptors (Lipinski definition) is 2. The van der Waals surface area contributed by atoms with E-state index in [1.54, 1.807) is 0 Å². The highest BCUT2D eigenvalue weighted by Gasteiger charge is 2.38. The molecule has 0 aromatic heterocycles. The largest absolute Gasteiger partial charge is 0.326 e. The van der Waals surface area contributed by atoms with E-state index in [2.05, 4.69) is 24.1 Å². The van der Waals surface area contributed by atoms with Gasteiger partial charge in [0, 0.05) is 6.54 Å². The Labute approximate surface area is 105 Å². The predicted octanol–water partition coefficient (Wildman–Crippen LogP) is 2.51. The fourth-order valence-corrected chi connectivity index (χ4v) is 3.27. The van der Waals surface area contributed by atoms with Crippen molar-refractivity contribution in [2.24, 2.45) is 5.92 Å². The highest BCUT2D eigenvalue weighted by atomic mass is 16.2. The van der Waals surface area contributed by atoms with Crippen molar-refractivity contribution in [2.75, 3.05) is 6.54 Å². The summed E-state index contributed by atoms with van der Waals surface area (Å²) in [6, 6.07) is 0.0892. The van der Waals surface area contributed by atoms with E-state index in [1.807, 2.05) is 0 Å². The van der Waals surface area contributed by atoms with Crippen LogP contribution in [0, 0.1) is 5.92 Å². The normalized spacial score (nSPS) is 30.5. The molecule has 17 heavy (non-hydrogen) atoms. The van der Waals surface area contributed by atoms with Crippen LogP contribution in [-0.4, -0.2) is 29.6 Å². The van der Waals surface area contributed by atoms with Crippen LogP contribution in [0.2, 0.25) is 0 Å². The Morgan fingerprint density at radius 1 is 1.29 bits per heavy atom. The first kappa shape index (κ1) is 12.9. The minimum Gasteiger partial charge on any atom is -0.326 e. The van der Waals surface area contributed by atoms with Crippen LogP contribution < -0.4 is 5.32 Å². The minimum atomic E-state index is 0.0892. The maximum absolute atomic E-state index is 12.3. The fourth-order valence-electron chi connectivity index (χ4n) is 3.27. The van der Waals surface area contributed by atoms with Gasteiger partial charge in [-0.15, -0.1) is 0 Å². The van der Waals surface area contributed by atoms with Gasteiger partial charge in [0.25, 0.3) is 0 Å². The van der Waals surface area contributed by atoms with Crippen LogP contribution in [0.5, 0.6) is 0 Å². The van der Waals surface area contributed by atoms with Crippen LogP contribution in [0.4, 0.5) is 0 Å². The summed E-state index contributed by atoms with van der Waals surface area (Å²) in [4.78, 5) is 14.4. The lowest BCUT2D eigenvalue weighted by molar-refractivity contribution is -0.130. The molecule has 0 spiro atoms. The number of amides is 1. The number of nitrogens with one attached hydrogen (secondary N) is 1. The zero-order chi connectivity index (χ0) is 12.3. The maximum atomic E-state index is 12.3. The number of carbonyl (C=O) groups is 1. The molecule has 2 unspecified atom stereocenters. The number of hydrogen-bond donors (Lipinski definition) is 1. The van der Waals surface area contributed by atoms with Crippen molar-refractivity contribution in [3.63, 3.8) is 0 Å². The van der Waals surface area contributed by atoms with Gasteiger partial charge in [-0.05, 0) is 31.6 Å². The highest BCUT2D eigenvalue weighted by molar-refractivity contribution is 5.84. The zero-order valence-electron chi connectivity index (χ0n) is 11.2. The van der Waals surface area contributed by atoms with E-state index < -0.39 is 0 Å². The van der Waals surface area contributed by atoms with E-state index in [9.17, 15) is 4.79 Å². The molecule has 2 fully saturated rings. The second-order valence-corrected chi connectivity index (χ2v) is 5.57. The second kappa shape index (κ2) is 5.85. The third-order valence-corrected chi connectivity index (χ3v) is 4.24. The van der Waals surface area contributed by atoms with Crippen molar-refractivity contribution in [3.8, 4) is 0 Å². The van der Waals surface area contributed by atoms with Crippen molar-refractivity contribution in [1.82, 2.24) is 10.2 Å². The molecule has 2 atom stereocenters. The molecule has 1 aliphatic heterocycles. The number of carbonyl (C=O) groups excluding carboxylic acids is 1. The molecule has 3 heteroatoms.